The minimum atomic E-state index is -0.429. The Labute approximate surface area is 150 Å². The molecule has 2 aromatic carbocycles. The molecule has 3 nitrogen and oxygen atoms in total. The summed E-state index contributed by atoms with van der Waals surface area (Å²) < 4.78 is 18.8. The summed E-state index contributed by atoms with van der Waals surface area (Å²) in [5.41, 5.74) is 2.64. The van der Waals surface area contributed by atoms with Gasteiger partial charge < -0.3 is 9.64 Å². The molecule has 128 valence electrons. The summed E-state index contributed by atoms with van der Waals surface area (Å²) in [5, 5.41) is 1.91. The highest BCUT2D eigenvalue weighted by atomic mass is 32.1. The molecule has 0 radical (unpaired) electrons. The Balaban J connectivity index is 1.80. The van der Waals surface area contributed by atoms with Crippen molar-refractivity contribution in [2.24, 2.45) is 0 Å². The largest absolute Gasteiger partial charge is 0.494 e. The van der Waals surface area contributed by atoms with E-state index in [4.69, 9.17) is 4.74 Å². The predicted octanol–water partition coefficient (Wildman–Crippen LogP) is 4.84. The van der Waals surface area contributed by atoms with Crippen molar-refractivity contribution in [2.45, 2.75) is 6.54 Å². The van der Waals surface area contributed by atoms with E-state index in [0.29, 0.717) is 17.0 Å². The second-order valence-electron chi connectivity index (χ2n) is 5.66. The molecule has 1 aromatic heterocycles. The number of rotatable bonds is 5. The number of carbonyl (C=O) groups excluding carboxylic acids is 1. The second kappa shape index (κ2) is 7.49. The Bertz CT molecular complexity index is 876. The highest BCUT2D eigenvalue weighted by molar-refractivity contribution is 7.12. The number of ether oxygens (including phenoxy) is 1. The number of nitrogens with zero attached hydrogens (tertiary/aromatic N) is 1. The van der Waals surface area contributed by atoms with Crippen LogP contribution in [-0.2, 0) is 6.54 Å². The summed E-state index contributed by atoms with van der Waals surface area (Å²) in [5.74, 6) is -0.311. The molecule has 0 fully saturated rings. The normalized spacial score (nSPS) is 10.5. The minimum Gasteiger partial charge on any atom is -0.494 e. The number of benzene rings is 2. The van der Waals surface area contributed by atoms with Crippen LogP contribution in [0.25, 0.3) is 11.1 Å². The van der Waals surface area contributed by atoms with Gasteiger partial charge in [-0.2, -0.15) is 0 Å². The molecular formula is C20H18FNO2S. The van der Waals surface area contributed by atoms with Crippen molar-refractivity contribution in [2.75, 3.05) is 14.2 Å². The van der Waals surface area contributed by atoms with Gasteiger partial charge in [-0.15, -0.1) is 11.3 Å². The van der Waals surface area contributed by atoms with Gasteiger partial charge in [0.15, 0.2) is 11.6 Å². The molecule has 3 rings (SSSR count). The second-order valence-corrected chi connectivity index (χ2v) is 6.58. The Hall–Kier alpha value is -2.66. The maximum absolute atomic E-state index is 13.8. The van der Waals surface area contributed by atoms with Crippen LogP contribution in [0.15, 0.2) is 60.0 Å². The first kappa shape index (κ1) is 17.2. The summed E-state index contributed by atoms with van der Waals surface area (Å²) in [6.07, 6.45) is 0. The van der Waals surface area contributed by atoms with E-state index in [1.807, 2.05) is 41.8 Å². The predicted molar refractivity (Wildman–Crippen MR) is 98.5 cm³/mol. The van der Waals surface area contributed by atoms with Crippen molar-refractivity contribution in [1.29, 1.82) is 0 Å². The van der Waals surface area contributed by atoms with Crippen LogP contribution < -0.4 is 4.74 Å². The molecule has 0 N–H and O–H groups in total. The van der Waals surface area contributed by atoms with Gasteiger partial charge in [0, 0.05) is 19.2 Å². The quantitative estimate of drug-likeness (QED) is 0.656. The molecule has 1 amide bonds. The lowest BCUT2D eigenvalue weighted by Gasteiger charge is -2.18. The molecule has 5 heteroatoms. The number of hydrogen-bond donors (Lipinski definition) is 0. The van der Waals surface area contributed by atoms with Crippen LogP contribution in [0.5, 0.6) is 5.75 Å². The highest BCUT2D eigenvalue weighted by Crippen LogP contribution is 2.29. The van der Waals surface area contributed by atoms with Crippen LogP contribution in [0.4, 0.5) is 4.39 Å². The fourth-order valence-corrected chi connectivity index (χ4v) is 3.56. The third-order valence-corrected chi connectivity index (χ3v) is 4.83. The topological polar surface area (TPSA) is 29.5 Å². The standard InChI is InChI=1S/C20H18FNO2S/c1-22(13-14-8-9-18(24-2)17(21)12-14)20(23)19-16(10-11-25-19)15-6-4-3-5-7-15/h3-12H,13H2,1-2H3. The molecule has 0 unspecified atom stereocenters. The molecule has 25 heavy (non-hydrogen) atoms. The summed E-state index contributed by atoms with van der Waals surface area (Å²) in [6.45, 7) is 0.325. The minimum absolute atomic E-state index is 0.0786. The van der Waals surface area contributed by atoms with Gasteiger partial charge in [-0.3, -0.25) is 4.79 Å². The first-order chi connectivity index (χ1) is 12.1. The number of methoxy groups -OCH3 is 1. The fourth-order valence-electron chi connectivity index (χ4n) is 2.65. The van der Waals surface area contributed by atoms with Crippen LogP contribution in [0.3, 0.4) is 0 Å². The van der Waals surface area contributed by atoms with E-state index in [1.165, 1.54) is 24.5 Å². The first-order valence-electron chi connectivity index (χ1n) is 7.81. The van der Waals surface area contributed by atoms with Crippen LogP contribution in [0, 0.1) is 5.82 Å². The van der Waals surface area contributed by atoms with Gasteiger partial charge in [-0.05, 0) is 34.7 Å². The van der Waals surface area contributed by atoms with Crippen LogP contribution in [-0.4, -0.2) is 25.0 Å². The number of halogens is 1. The van der Waals surface area contributed by atoms with Crippen molar-refractivity contribution in [1.82, 2.24) is 4.90 Å². The lowest BCUT2D eigenvalue weighted by molar-refractivity contribution is 0.0790. The van der Waals surface area contributed by atoms with Crippen molar-refractivity contribution in [3.8, 4) is 16.9 Å². The number of amides is 1. The zero-order valence-corrected chi connectivity index (χ0v) is 14.8. The molecular weight excluding hydrogens is 337 g/mol. The van der Waals surface area contributed by atoms with Gasteiger partial charge in [-0.25, -0.2) is 4.39 Å². The molecule has 0 spiro atoms. The number of thiophene rings is 1. The first-order valence-corrected chi connectivity index (χ1v) is 8.69. The number of hydrogen-bond acceptors (Lipinski definition) is 3. The van der Waals surface area contributed by atoms with E-state index in [9.17, 15) is 9.18 Å². The van der Waals surface area contributed by atoms with E-state index < -0.39 is 5.82 Å². The summed E-state index contributed by atoms with van der Waals surface area (Å²) in [4.78, 5) is 15.1. The Morgan fingerprint density at radius 3 is 2.60 bits per heavy atom. The van der Waals surface area contributed by atoms with Crippen molar-refractivity contribution in [3.63, 3.8) is 0 Å². The molecule has 0 atom stereocenters. The zero-order valence-electron chi connectivity index (χ0n) is 14.0. The maximum atomic E-state index is 13.8. The van der Waals surface area contributed by atoms with Crippen molar-refractivity contribution >= 4 is 17.2 Å². The van der Waals surface area contributed by atoms with E-state index >= 15 is 0 Å². The SMILES string of the molecule is COc1ccc(CN(C)C(=O)c2sccc2-c2ccccc2)cc1F. The highest BCUT2D eigenvalue weighted by Gasteiger charge is 2.19. The van der Waals surface area contributed by atoms with Gasteiger partial charge >= 0.3 is 0 Å². The molecule has 0 bridgehead atoms. The maximum Gasteiger partial charge on any atom is 0.264 e. The van der Waals surface area contributed by atoms with Gasteiger partial charge in [0.1, 0.15) is 0 Å². The molecule has 0 aliphatic carbocycles. The van der Waals surface area contributed by atoms with E-state index in [1.54, 1.807) is 24.1 Å². The third kappa shape index (κ3) is 3.72. The van der Waals surface area contributed by atoms with Gasteiger partial charge in [0.2, 0.25) is 0 Å². The summed E-state index contributed by atoms with van der Waals surface area (Å²) in [6, 6.07) is 16.5. The molecule has 0 saturated heterocycles. The van der Waals surface area contributed by atoms with Crippen LogP contribution in [0.2, 0.25) is 0 Å². The van der Waals surface area contributed by atoms with E-state index in [2.05, 4.69) is 0 Å². The molecule has 1 heterocycles. The van der Waals surface area contributed by atoms with Gasteiger partial charge in [0.05, 0.1) is 12.0 Å². The van der Waals surface area contributed by atoms with Crippen LogP contribution >= 0.6 is 11.3 Å². The summed E-state index contributed by atoms with van der Waals surface area (Å²) in [7, 11) is 3.15. The van der Waals surface area contributed by atoms with Gasteiger partial charge in [0.25, 0.3) is 5.91 Å². The smallest absolute Gasteiger partial charge is 0.264 e. The van der Waals surface area contributed by atoms with Crippen molar-refractivity contribution in [3.05, 3.63) is 76.2 Å². The number of carbonyl (C=O) groups is 1. The van der Waals surface area contributed by atoms with Crippen LogP contribution in [0.1, 0.15) is 15.2 Å². The van der Waals surface area contributed by atoms with Gasteiger partial charge in [-0.1, -0.05) is 36.4 Å². The lowest BCUT2D eigenvalue weighted by atomic mass is 10.1. The molecule has 3 aromatic rings. The Morgan fingerprint density at radius 2 is 1.92 bits per heavy atom. The zero-order chi connectivity index (χ0) is 17.8. The molecule has 0 aliphatic rings. The average molecular weight is 355 g/mol. The lowest BCUT2D eigenvalue weighted by Crippen LogP contribution is -2.25. The monoisotopic (exact) mass is 355 g/mol. The molecule has 0 aliphatic heterocycles. The van der Waals surface area contributed by atoms with Crippen molar-refractivity contribution < 1.29 is 13.9 Å². The fraction of sp³-hybridized carbons (Fsp3) is 0.150. The van der Waals surface area contributed by atoms with E-state index in [0.717, 1.165) is 11.1 Å². The molecule has 0 saturated carbocycles. The average Bonchev–Trinajstić information content (AvgIpc) is 3.11. The Morgan fingerprint density at radius 1 is 1.16 bits per heavy atom. The van der Waals surface area contributed by atoms with E-state index in [-0.39, 0.29) is 11.7 Å². The third-order valence-electron chi connectivity index (χ3n) is 3.93. The Kier molecular flexibility index (Phi) is 5.14. The summed E-state index contributed by atoms with van der Waals surface area (Å²) >= 11 is 1.42.